The van der Waals surface area contributed by atoms with Crippen LogP contribution in [0.4, 0.5) is 5.69 Å². The molecule has 0 unspecified atom stereocenters. The third-order valence-electron chi connectivity index (χ3n) is 2.21. The van der Waals surface area contributed by atoms with Gasteiger partial charge in [0, 0.05) is 9.65 Å². The van der Waals surface area contributed by atoms with E-state index in [1.54, 1.807) is 24.3 Å². The maximum atomic E-state index is 11.7. The Hall–Kier alpha value is -1.60. The van der Waals surface area contributed by atoms with E-state index in [4.69, 9.17) is 4.42 Å². The van der Waals surface area contributed by atoms with E-state index in [0.29, 0.717) is 16.5 Å². The quantitative estimate of drug-likeness (QED) is 0.398. The minimum absolute atomic E-state index is 0.421. The molecule has 92 valence electrons. The summed E-state index contributed by atoms with van der Waals surface area (Å²) in [4.78, 5) is 11.7. The van der Waals surface area contributed by atoms with Gasteiger partial charge in [-0.3, -0.25) is 10.0 Å². The zero-order valence-electron chi connectivity index (χ0n) is 9.29. The average Bonchev–Trinajstić information content (AvgIpc) is 2.89. The standard InChI is InChI=1S/C13H10INO3/c14-10-3-5-11(6-4-10)15(17)13(16)8-7-12-2-1-9-18-12/h1-9,17H. The van der Waals surface area contributed by atoms with Crippen LogP contribution in [0.3, 0.4) is 0 Å². The first-order chi connectivity index (χ1) is 8.66. The van der Waals surface area contributed by atoms with Crippen LogP contribution in [0.2, 0.25) is 0 Å². The molecule has 0 bridgehead atoms. The second kappa shape index (κ2) is 5.83. The number of carbonyl (C=O) groups excluding carboxylic acids is 1. The number of benzene rings is 1. The molecule has 0 aliphatic carbocycles. The highest BCUT2D eigenvalue weighted by Gasteiger charge is 2.09. The molecule has 1 aromatic carbocycles. The van der Waals surface area contributed by atoms with Crippen molar-refractivity contribution in [3.63, 3.8) is 0 Å². The first kappa shape index (κ1) is 12.8. The molecular formula is C13H10INO3. The van der Waals surface area contributed by atoms with Crippen molar-refractivity contribution in [2.24, 2.45) is 0 Å². The zero-order chi connectivity index (χ0) is 13.0. The van der Waals surface area contributed by atoms with Gasteiger partial charge in [0.15, 0.2) is 0 Å². The molecule has 18 heavy (non-hydrogen) atoms. The number of halogens is 1. The molecule has 1 aromatic heterocycles. The molecule has 0 fully saturated rings. The van der Waals surface area contributed by atoms with E-state index >= 15 is 0 Å². The van der Waals surface area contributed by atoms with Gasteiger partial charge in [-0.25, -0.2) is 0 Å². The summed E-state index contributed by atoms with van der Waals surface area (Å²) in [6, 6.07) is 10.4. The van der Waals surface area contributed by atoms with Gasteiger partial charge < -0.3 is 4.42 Å². The lowest BCUT2D eigenvalue weighted by Crippen LogP contribution is -2.24. The third-order valence-corrected chi connectivity index (χ3v) is 2.93. The predicted molar refractivity (Wildman–Crippen MR) is 76.2 cm³/mol. The molecule has 0 atom stereocenters. The topological polar surface area (TPSA) is 53.7 Å². The van der Waals surface area contributed by atoms with Crippen LogP contribution in [0.25, 0.3) is 6.08 Å². The zero-order valence-corrected chi connectivity index (χ0v) is 11.4. The van der Waals surface area contributed by atoms with Gasteiger partial charge in [0.25, 0.3) is 5.91 Å². The minimum Gasteiger partial charge on any atom is -0.465 e. The Labute approximate surface area is 118 Å². The highest BCUT2D eigenvalue weighted by molar-refractivity contribution is 14.1. The number of nitrogens with zero attached hydrogens (tertiary/aromatic N) is 1. The van der Waals surface area contributed by atoms with Crippen LogP contribution < -0.4 is 5.06 Å². The van der Waals surface area contributed by atoms with E-state index in [0.717, 1.165) is 3.57 Å². The monoisotopic (exact) mass is 355 g/mol. The van der Waals surface area contributed by atoms with Crippen molar-refractivity contribution >= 4 is 40.3 Å². The summed E-state index contributed by atoms with van der Waals surface area (Å²) in [5, 5.41) is 10.3. The van der Waals surface area contributed by atoms with Crippen molar-refractivity contribution in [2.75, 3.05) is 5.06 Å². The van der Waals surface area contributed by atoms with Crippen molar-refractivity contribution in [3.8, 4) is 0 Å². The van der Waals surface area contributed by atoms with Crippen molar-refractivity contribution in [2.45, 2.75) is 0 Å². The molecule has 0 aliphatic rings. The fourth-order valence-corrected chi connectivity index (χ4v) is 1.68. The first-order valence-corrected chi connectivity index (χ1v) is 6.25. The van der Waals surface area contributed by atoms with E-state index in [2.05, 4.69) is 22.6 Å². The summed E-state index contributed by atoms with van der Waals surface area (Å²) in [5.74, 6) is 0.0203. The highest BCUT2D eigenvalue weighted by atomic mass is 127. The van der Waals surface area contributed by atoms with Crippen molar-refractivity contribution in [1.29, 1.82) is 0 Å². The Morgan fingerprint density at radius 1 is 1.28 bits per heavy atom. The van der Waals surface area contributed by atoms with Gasteiger partial charge in [0.2, 0.25) is 0 Å². The molecule has 0 radical (unpaired) electrons. The summed E-state index contributed by atoms with van der Waals surface area (Å²) in [7, 11) is 0. The molecule has 1 N–H and O–H groups in total. The smallest absolute Gasteiger partial charge is 0.274 e. The van der Waals surface area contributed by atoms with Crippen molar-refractivity contribution in [1.82, 2.24) is 0 Å². The number of furan rings is 1. The molecule has 1 heterocycles. The predicted octanol–water partition coefficient (Wildman–Crippen LogP) is 3.32. The molecule has 0 saturated carbocycles. The summed E-state index contributed by atoms with van der Waals surface area (Å²) in [5.41, 5.74) is 0.421. The molecule has 1 amide bonds. The number of amides is 1. The van der Waals surface area contributed by atoms with E-state index in [-0.39, 0.29) is 0 Å². The Morgan fingerprint density at radius 3 is 2.61 bits per heavy atom. The van der Waals surface area contributed by atoms with Gasteiger partial charge in [-0.1, -0.05) is 0 Å². The van der Waals surface area contributed by atoms with E-state index < -0.39 is 5.91 Å². The van der Waals surface area contributed by atoms with Crippen molar-refractivity contribution in [3.05, 3.63) is 58.1 Å². The highest BCUT2D eigenvalue weighted by Crippen LogP contribution is 2.15. The largest absolute Gasteiger partial charge is 0.465 e. The molecule has 2 aromatic rings. The summed E-state index contributed by atoms with van der Waals surface area (Å²) in [6.45, 7) is 0. The third kappa shape index (κ3) is 3.21. The number of carbonyl (C=O) groups is 1. The fourth-order valence-electron chi connectivity index (χ4n) is 1.32. The van der Waals surface area contributed by atoms with Crippen LogP contribution in [0.5, 0.6) is 0 Å². The second-order valence-corrected chi connectivity index (χ2v) is 4.72. The Bertz CT molecular complexity index is 546. The average molecular weight is 355 g/mol. The van der Waals surface area contributed by atoms with Gasteiger partial charge >= 0.3 is 0 Å². The molecule has 5 heteroatoms. The van der Waals surface area contributed by atoms with Crippen LogP contribution in [0.1, 0.15) is 5.76 Å². The van der Waals surface area contributed by atoms with Gasteiger partial charge in [-0.2, -0.15) is 5.06 Å². The summed E-state index contributed by atoms with van der Waals surface area (Å²) < 4.78 is 6.08. The molecule has 4 nitrogen and oxygen atoms in total. The van der Waals surface area contributed by atoms with Crippen LogP contribution in [-0.2, 0) is 4.79 Å². The first-order valence-electron chi connectivity index (χ1n) is 5.17. The summed E-state index contributed by atoms with van der Waals surface area (Å²) in [6.07, 6.45) is 4.26. The van der Waals surface area contributed by atoms with Crippen LogP contribution in [0, 0.1) is 3.57 Å². The van der Waals surface area contributed by atoms with Gasteiger partial charge in [-0.05, 0) is 65.1 Å². The number of anilines is 1. The summed E-state index contributed by atoms with van der Waals surface area (Å²) >= 11 is 2.15. The lowest BCUT2D eigenvalue weighted by molar-refractivity contribution is -0.118. The lowest BCUT2D eigenvalue weighted by Gasteiger charge is -2.12. The SMILES string of the molecule is O=C(C=Cc1ccco1)N(O)c1ccc(I)cc1. The van der Waals surface area contributed by atoms with E-state index in [1.807, 2.05) is 12.1 Å². The van der Waals surface area contributed by atoms with Crippen LogP contribution >= 0.6 is 22.6 Å². The van der Waals surface area contributed by atoms with Gasteiger partial charge in [-0.15, -0.1) is 0 Å². The van der Waals surface area contributed by atoms with Crippen LogP contribution in [0.15, 0.2) is 53.2 Å². The Kier molecular flexibility index (Phi) is 4.16. The molecule has 0 saturated heterocycles. The molecule has 0 spiro atoms. The lowest BCUT2D eigenvalue weighted by atomic mass is 10.3. The van der Waals surface area contributed by atoms with Crippen molar-refractivity contribution < 1.29 is 14.4 Å². The fraction of sp³-hybridized carbons (Fsp3) is 0. The molecule has 0 aliphatic heterocycles. The minimum atomic E-state index is -0.535. The normalized spacial score (nSPS) is 10.8. The molecule has 2 rings (SSSR count). The van der Waals surface area contributed by atoms with Crippen LogP contribution in [-0.4, -0.2) is 11.1 Å². The van der Waals surface area contributed by atoms with E-state index in [1.165, 1.54) is 18.4 Å². The maximum Gasteiger partial charge on any atom is 0.274 e. The Balaban J connectivity index is 2.07. The number of hydrogen-bond acceptors (Lipinski definition) is 3. The van der Waals surface area contributed by atoms with Gasteiger partial charge in [0.05, 0.1) is 12.0 Å². The second-order valence-electron chi connectivity index (χ2n) is 3.48. The van der Waals surface area contributed by atoms with E-state index in [9.17, 15) is 10.0 Å². The number of hydrogen-bond donors (Lipinski definition) is 1. The maximum absolute atomic E-state index is 11.7. The molecular weight excluding hydrogens is 345 g/mol. The number of hydroxylamine groups is 1. The Morgan fingerprint density at radius 2 is 2.00 bits per heavy atom. The van der Waals surface area contributed by atoms with Gasteiger partial charge in [0.1, 0.15) is 5.76 Å². The number of rotatable bonds is 3.